The van der Waals surface area contributed by atoms with Crippen LogP contribution in [0.2, 0.25) is 0 Å². The molecule has 0 bridgehead atoms. The molecule has 0 aliphatic rings. The average molecular weight is 265 g/mol. The third-order valence-electron chi connectivity index (χ3n) is 3.02. The first-order valence-corrected chi connectivity index (χ1v) is 6.83. The van der Waals surface area contributed by atoms with Crippen LogP contribution in [0.25, 0.3) is 0 Å². The molecule has 4 heteroatoms. The van der Waals surface area contributed by atoms with Gasteiger partial charge in [-0.05, 0) is 56.6 Å². The first kappa shape index (κ1) is 14.8. The highest BCUT2D eigenvalue weighted by Gasteiger charge is 2.10. The van der Waals surface area contributed by atoms with Crippen LogP contribution in [0.1, 0.15) is 31.4 Å². The molecule has 0 saturated carbocycles. The molecule has 3 N–H and O–H groups in total. The minimum atomic E-state index is 0.312. The number of thiocarbonyl (C=S) groups is 1. The van der Waals surface area contributed by atoms with Gasteiger partial charge in [0.1, 0.15) is 0 Å². The van der Waals surface area contributed by atoms with Crippen molar-refractivity contribution in [3.05, 3.63) is 23.3 Å². The third-order valence-corrected chi connectivity index (χ3v) is 3.12. The maximum atomic E-state index is 5.56. The van der Waals surface area contributed by atoms with Gasteiger partial charge in [0.25, 0.3) is 0 Å². The Labute approximate surface area is 115 Å². The summed E-state index contributed by atoms with van der Waals surface area (Å²) in [5.74, 6) is 0. The second kappa shape index (κ2) is 6.59. The second-order valence-corrected chi connectivity index (χ2v) is 4.96. The lowest BCUT2D eigenvalue weighted by molar-refractivity contribution is 0.789. The van der Waals surface area contributed by atoms with Gasteiger partial charge >= 0.3 is 0 Å². The van der Waals surface area contributed by atoms with E-state index in [0.717, 1.165) is 30.8 Å². The number of nitrogens with zero attached hydrogens (tertiary/aromatic N) is 1. The van der Waals surface area contributed by atoms with E-state index < -0.39 is 0 Å². The minimum absolute atomic E-state index is 0.312. The molecule has 3 nitrogen and oxygen atoms in total. The van der Waals surface area contributed by atoms with Gasteiger partial charge < -0.3 is 16.0 Å². The normalized spacial score (nSPS) is 10.2. The van der Waals surface area contributed by atoms with Crippen molar-refractivity contribution in [3.63, 3.8) is 0 Å². The van der Waals surface area contributed by atoms with Crippen LogP contribution >= 0.6 is 12.2 Å². The van der Waals surface area contributed by atoms with Gasteiger partial charge in [0.05, 0.1) is 0 Å². The molecule has 0 fully saturated rings. The lowest BCUT2D eigenvalue weighted by atomic mass is 10.1. The monoisotopic (exact) mass is 265 g/mol. The first-order chi connectivity index (χ1) is 8.49. The van der Waals surface area contributed by atoms with Crippen LogP contribution in [0.3, 0.4) is 0 Å². The zero-order chi connectivity index (χ0) is 13.7. The summed E-state index contributed by atoms with van der Waals surface area (Å²) in [6, 6.07) is 4.32. The largest absolute Gasteiger partial charge is 0.376 e. The summed E-state index contributed by atoms with van der Waals surface area (Å²) in [5.41, 5.74) is 10.3. The fraction of sp³-hybridized carbons (Fsp3) is 0.500. The van der Waals surface area contributed by atoms with Crippen LogP contribution in [0.15, 0.2) is 12.1 Å². The molecule has 1 aromatic rings. The van der Waals surface area contributed by atoms with Gasteiger partial charge in [-0.25, -0.2) is 0 Å². The van der Waals surface area contributed by atoms with Crippen molar-refractivity contribution >= 4 is 28.7 Å². The first-order valence-electron chi connectivity index (χ1n) is 6.42. The fourth-order valence-corrected chi connectivity index (χ4v) is 2.28. The highest BCUT2D eigenvalue weighted by atomic mass is 32.1. The predicted molar refractivity (Wildman–Crippen MR) is 84.5 cm³/mol. The predicted octanol–water partition coefficient (Wildman–Crippen LogP) is 3.20. The Hall–Kier alpha value is -1.29. The molecular weight excluding hydrogens is 242 g/mol. The van der Waals surface area contributed by atoms with E-state index >= 15 is 0 Å². The Balaban J connectivity index is 3.14. The maximum Gasteiger partial charge on any atom is 0.168 e. The van der Waals surface area contributed by atoms with E-state index in [2.05, 4.69) is 50.0 Å². The SMILES string of the molecule is CCCN(CC)c1cc(NC(N)=S)c(C)cc1C. The van der Waals surface area contributed by atoms with E-state index in [-0.39, 0.29) is 0 Å². The summed E-state index contributed by atoms with van der Waals surface area (Å²) < 4.78 is 0. The average Bonchev–Trinajstić information content (AvgIpc) is 2.29. The molecule has 0 spiro atoms. The smallest absolute Gasteiger partial charge is 0.168 e. The number of rotatable bonds is 5. The maximum absolute atomic E-state index is 5.56. The molecule has 0 radical (unpaired) electrons. The van der Waals surface area contributed by atoms with Gasteiger partial charge in [0, 0.05) is 24.5 Å². The van der Waals surface area contributed by atoms with Gasteiger partial charge in [-0.3, -0.25) is 0 Å². The van der Waals surface area contributed by atoms with Crippen molar-refractivity contribution in [1.29, 1.82) is 0 Å². The van der Waals surface area contributed by atoms with Gasteiger partial charge in [-0.15, -0.1) is 0 Å². The highest BCUT2D eigenvalue weighted by Crippen LogP contribution is 2.27. The van der Waals surface area contributed by atoms with Gasteiger partial charge in [-0.2, -0.15) is 0 Å². The lowest BCUT2D eigenvalue weighted by Crippen LogP contribution is -2.25. The summed E-state index contributed by atoms with van der Waals surface area (Å²) in [6.45, 7) is 10.6. The van der Waals surface area contributed by atoms with E-state index in [0.29, 0.717) is 5.11 Å². The van der Waals surface area contributed by atoms with Crippen LogP contribution in [0, 0.1) is 13.8 Å². The van der Waals surface area contributed by atoms with Crippen molar-refractivity contribution in [2.45, 2.75) is 34.1 Å². The number of anilines is 2. The molecule has 0 atom stereocenters. The molecular formula is C14H23N3S. The summed E-state index contributed by atoms with van der Waals surface area (Å²) in [6.07, 6.45) is 1.14. The highest BCUT2D eigenvalue weighted by molar-refractivity contribution is 7.80. The van der Waals surface area contributed by atoms with Crippen molar-refractivity contribution in [2.24, 2.45) is 5.73 Å². The van der Waals surface area contributed by atoms with Gasteiger partial charge in [-0.1, -0.05) is 13.0 Å². The van der Waals surface area contributed by atoms with Gasteiger partial charge in [0.2, 0.25) is 0 Å². The lowest BCUT2D eigenvalue weighted by Gasteiger charge is -2.26. The third kappa shape index (κ3) is 3.60. The quantitative estimate of drug-likeness (QED) is 0.802. The van der Waals surface area contributed by atoms with Crippen LogP contribution in [-0.4, -0.2) is 18.2 Å². The van der Waals surface area contributed by atoms with Crippen molar-refractivity contribution in [3.8, 4) is 0 Å². The molecule has 0 unspecified atom stereocenters. The van der Waals surface area contributed by atoms with Gasteiger partial charge in [0.15, 0.2) is 5.11 Å². The molecule has 0 amide bonds. The molecule has 1 aromatic carbocycles. The van der Waals surface area contributed by atoms with E-state index in [9.17, 15) is 0 Å². The Morgan fingerprint density at radius 1 is 1.28 bits per heavy atom. The van der Waals surface area contributed by atoms with Crippen molar-refractivity contribution in [1.82, 2.24) is 0 Å². The number of aryl methyl sites for hydroxylation is 2. The number of nitrogens with one attached hydrogen (secondary N) is 1. The fourth-order valence-electron chi connectivity index (χ4n) is 2.17. The number of hydrogen-bond donors (Lipinski definition) is 2. The summed E-state index contributed by atoms with van der Waals surface area (Å²) >= 11 is 4.91. The minimum Gasteiger partial charge on any atom is -0.376 e. The standard InChI is InChI=1S/C14H23N3S/c1-5-7-17(6-2)13-9-12(16-14(15)18)10(3)8-11(13)4/h8-9H,5-7H2,1-4H3,(H3,15,16,18). The van der Waals surface area contributed by atoms with Crippen LogP contribution in [-0.2, 0) is 0 Å². The van der Waals surface area contributed by atoms with E-state index in [1.54, 1.807) is 0 Å². The van der Waals surface area contributed by atoms with Crippen molar-refractivity contribution in [2.75, 3.05) is 23.3 Å². The Kier molecular flexibility index (Phi) is 5.41. The van der Waals surface area contributed by atoms with E-state index in [1.807, 2.05) is 0 Å². The second-order valence-electron chi connectivity index (χ2n) is 4.52. The molecule has 18 heavy (non-hydrogen) atoms. The molecule has 0 saturated heterocycles. The van der Waals surface area contributed by atoms with Crippen molar-refractivity contribution < 1.29 is 0 Å². The van der Waals surface area contributed by atoms with Crippen LogP contribution in [0.5, 0.6) is 0 Å². The molecule has 100 valence electrons. The van der Waals surface area contributed by atoms with E-state index in [4.69, 9.17) is 18.0 Å². The topological polar surface area (TPSA) is 41.3 Å². The van der Waals surface area contributed by atoms with Crippen LogP contribution in [0.4, 0.5) is 11.4 Å². The molecule has 0 aliphatic carbocycles. The number of hydrogen-bond acceptors (Lipinski definition) is 2. The summed E-state index contributed by atoms with van der Waals surface area (Å²) in [5, 5.41) is 3.36. The zero-order valence-electron chi connectivity index (χ0n) is 11.7. The number of benzene rings is 1. The molecule has 1 rings (SSSR count). The molecule has 0 aromatic heterocycles. The Morgan fingerprint density at radius 2 is 1.94 bits per heavy atom. The number of nitrogens with two attached hydrogens (primary N) is 1. The Bertz CT molecular complexity index is 429. The Morgan fingerprint density at radius 3 is 2.44 bits per heavy atom. The molecule has 0 heterocycles. The van der Waals surface area contributed by atoms with E-state index in [1.165, 1.54) is 11.3 Å². The summed E-state index contributed by atoms with van der Waals surface area (Å²) in [7, 11) is 0. The molecule has 0 aliphatic heterocycles. The van der Waals surface area contributed by atoms with Crippen LogP contribution < -0.4 is 16.0 Å². The zero-order valence-corrected chi connectivity index (χ0v) is 12.5. The summed E-state index contributed by atoms with van der Waals surface area (Å²) in [4.78, 5) is 2.37.